The molecule has 0 aliphatic heterocycles. The third kappa shape index (κ3) is 22.7. The molecular formula is C60H109F11S11. The maximum Gasteiger partial charge on any atom is 0.464 e. The summed E-state index contributed by atoms with van der Waals surface area (Å²) in [5.74, 6) is 0.138. The van der Waals surface area contributed by atoms with Gasteiger partial charge in [0.25, 0.3) is 0 Å². The fourth-order valence-electron chi connectivity index (χ4n) is 11.7. The van der Waals surface area contributed by atoms with Gasteiger partial charge >= 0.3 is 23.1 Å². The van der Waals surface area contributed by atoms with E-state index in [1.807, 2.05) is 27.7 Å². The van der Waals surface area contributed by atoms with E-state index in [2.05, 4.69) is 13.8 Å². The number of rotatable bonds is 43. The Labute approximate surface area is 531 Å². The van der Waals surface area contributed by atoms with Crippen LogP contribution >= 0.6 is 116 Å². The van der Waals surface area contributed by atoms with Crippen molar-refractivity contribution in [3.63, 3.8) is 0 Å². The maximum absolute atomic E-state index is 19.2. The predicted molar refractivity (Wildman–Crippen MR) is 364 cm³/mol. The van der Waals surface area contributed by atoms with Crippen LogP contribution in [0.25, 0.3) is 0 Å². The molecule has 0 spiro atoms. The zero-order valence-electron chi connectivity index (χ0n) is 51.0. The Hall–Kier alpha value is 3.08. The van der Waals surface area contributed by atoms with Crippen LogP contribution in [-0.4, -0.2) is 73.4 Å². The Bertz CT molecular complexity index is 1690. The highest BCUT2D eigenvalue weighted by Gasteiger charge is 2.93. The van der Waals surface area contributed by atoms with Gasteiger partial charge in [0.05, 0.1) is 0 Å². The summed E-state index contributed by atoms with van der Waals surface area (Å²) in [6, 6.07) is 0. The standard InChI is InChI=1S/C60H109F11S11/c1-7-13-18-21-28-39-50-75-82(81-60(69,70)71,79-57(67,68)55(61,62)63,78-53-44-32-23-22-24-33-45-53,59(56(64,65)66,74-49-38-27-19-14-8-2)77-52-42-30-25-26-31-43-52)80-58(73-48-37-20-15-9-3,76-51-40-34-29-35-41-51)54(12-6,46-17-11-5)72-47-36-16-10-4/h51-53H,7-50H2,1-6H3. The van der Waals surface area contributed by atoms with E-state index < -0.39 is 76.0 Å². The normalized spacial score (nSPS) is 20.7. The molecule has 3 aliphatic rings. The van der Waals surface area contributed by atoms with E-state index in [0.29, 0.717) is 189 Å². The fourth-order valence-corrected chi connectivity index (χ4v) is 76.1. The molecule has 3 atom stereocenters. The van der Waals surface area contributed by atoms with Gasteiger partial charge in [-0.25, -0.2) is 0 Å². The van der Waals surface area contributed by atoms with Gasteiger partial charge in [-0.15, -0.1) is 47.0 Å². The van der Waals surface area contributed by atoms with Crippen LogP contribution in [0.3, 0.4) is 0 Å². The highest BCUT2D eigenvalue weighted by Crippen LogP contribution is 3.32. The second kappa shape index (κ2) is 38.3. The Morgan fingerprint density at radius 1 is 0.366 bits per heavy atom. The van der Waals surface area contributed by atoms with Crippen molar-refractivity contribution in [2.45, 2.75) is 349 Å². The van der Waals surface area contributed by atoms with E-state index in [-0.39, 0.29) is 49.5 Å². The van der Waals surface area contributed by atoms with Crippen molar-refractivity contribution in [3.8, 4) is 0 Å². The van der Waals surface area contributed by atoms with E-state index in [1.165, 1.54) is 23.5 Å². The first-order chi connectivity index (χ1) is 38.8. The molecule has 0 aromatic carbocycles. The Balaban J connectivity index is 3.10. The first kappa shape index (κ1) is 79.3. The van der Waals surface area contributed by atoms with Gasteiger partial charge in [0.2, 0.25) is 3.41 Å². The van der Waals surface area contributed by atoms with Crippen LogP contribution in [0.15, 0.2) is 0 Å². The maximum atomic E-state index is 19.2. The minimum atomic E-state index is -7.97. The van der Waals surface area contributed by atoms with Gasteiger partial charge in [0.1, 0.15) is 3.41 Å². The number of hydrogen-bond acceptors (Lipinski definition) is 10. The molecule has 3 rings (SSSR count). The monoisotopic (exact) mass is 1390 g/mol. The molecule has 3 saturated carbocycles. The molecule has 0 radical (unpaired) electrons. The first-order valence-corrected chi connectivity index (χ1v) is 46.3. The highest BCUT2D eigenvalue weighted by atomic mass is 34.4. The van der Waals surface area contributed by atoms with Crippen LogP contribution in [0.5, 0.6) is 0 Å². The molecule has 492 valence electrons. The third-order valence-electron chi connectivity index (χ3n) is 16.3. The molecule has 0 saturated heterocycles. The molecular weight excluding hydrogens is 1280 g/mol. The molecule has 0 amide bonds. The minimum absolute atomic E-state index is 0.0912. The summed E-state index contributed by atoms with van der Waals surface area (Å²) in [6.45, 7) is 12.2. The van der Waals surface area contributed by atoms with Crippen molar-refractivity contribution in [3.05, 3.63) is 0 Å². The fraction of sp³-hybridized carbons (Fsp3) is 1.00. The second-order valence-corrected chi connectivity index (χ2v) is 60.0. The van der Waals surface area contributed by atoms with Gasteiger partial charge in [-0.1, -0.05) is 254 Å². The summed E-state index contributed by atoms with van der Waals surface area (Å²) in [7, 11) is -0.612. The van der Waals surface area contributed by atoms with Crippen molar-refractivity contribution in [2.75, 3.05) is 23.0 Å². The van der Waals surface area contributed by atoms with Crippen LogP contribution in [0, 0.1) is 0 Å². The summed E-state index contributed by atoms with van der Waals surface area (Å²) in [5.41, 5.74) is -5.70. The Kier molecular flexibility index (Phi) is 37.1. The van der Waals surface area contributed by atoms with Gasteiger partial charge < -0.3 is 0 Å². The number of thioether (sulfide) groups is 5. The third-order valence-corrected chi connectivity index (χ3v) is 65.5. The van der Waals surface area contributed by atoms with Crippen LogP contribution in [0.2, 0.25) is 0 Å². The van der Waals surface area contributed by atoms with E-state index in [0.717, 1.165) is 96.3 Å². The van der Waals surface area contributed by atoms with Crippen molar-refractivity contribution in [2.24, 2.45) is 0 Å². The molecule has 0 aromatic rings. The smallest absolute Gasteiger partial charge is 0.183 e. The molecule has 82 heavy (non-hydrogen) atoms. The minimum Gasteiger partial charge on any atom is -0.183 e. The van der Waals surface area contributed by atoms with Gasteiger partial charge in [0, 0.05) is 37.0 Å². The lowest BCUT2D eigenvalue weighted by Crippen LogP contribution is -2.58. The predicted octanol–water partition coefficient (Wildman–Crippen LogP) is 28.9. The molecule has 0 N–H and O–H groups in total. The second-order valence-electron chi connectivity index (χ2n) is 23.4. The first-order valence-electron chi connectivity index (χ1n) is 32.3. The van der Waals surface area contributed by atoms with E-state index in [1.54, 1.807) is 11.8 Å². The zero-order valence-corrected chi connectivity index (χ0v) is 60.0. The van der Waals surface area contributed by atoms with Crippen LogP contribution in [-0.2, 0) is 0 Å². The van der Waals surface area contributed by atoms with Crippen molar-refractivity contribution in [1.82, 2.24) is 0 Å². The number of halogens is 11. The van der Waals surface area contributed by atoms with Crippen LogP contribution in [0.1, 0.15) is 298 Å². The molecule has 0 nitrogen and oxygen atoms in total. The number of alkyl halides is 11. The number of unbranched alkanes of at least 4 members (excludes halogenated alkanes) is 15. The van der Waals surface area contributed by atoms with E-state index in [9.17, 15) is 0 Å². The molecule has 0 bridgehead atoms. The quantitative estimate of drug-likeness (QED) is 0.0190. The molecule has 0 aromatic heterocycles. The van der Waals surface area contributed by atoms with Crippen molar-refractivity contribution >= 4 is 116 Å². The summed E-state index contributed by atoms with van der Waals surface area (Å²) < 4.78 is 183. The summed E-state index contributed by atoms with van der Waals surface area (Å²) in [4.78, 5) is 0. The lowest BCUT2D eigenvalue weighted by Gasteiger charge is -2.83. The molecule has 3 aliphatic carbocycles. The highest BCUT2D eigenvalue weighted by molar-refractivity contribution is 9.99. The van der Waals surface area contributed by atoms with E-state index >= 15 is 48.3 Å². The van der Waals surface area contributed by atoms with Crippen LogP contribution < -0.4 is 0 Å². The van der Waals surface area contributed by atoms with Crippen LogP contribution in [0.4, 0.5) is 48.3 Å². The van der Waals surface area contributed by atoms with Gasteiger partial charge in [-0.2, -0.15) is 60.1 Å². The van der Waals surface area contributed by atoms with Gasteiger partial charge in [0.15, 0.2) is 0 Å². The molecule has 0 heterocycles. The summed E-state index contributed by atoms with van der Waals surface area (Å²) >= 11 is 5.19. The van der Waals surface area contributed by atoms with Crippen molar-refractivity contribution in [1.29, 1.82) is 0 Å². The largest absolute Gasteiger partial charge is 0.464 e. The Morgan fingerprint density at radius 2 is 0.756 bits per heavy atom. The average Bonchev–Trinajstić information content (AvgIpc) is 0.681. The molecule has 3 unspecified atom stereocenters. The molecule has 22 heteroatoms. The molecule has 3 fully saturated rings. The number of hydrogen-bond donors (Lipinski definition) is 0. The van der Waals surface area contributed by atoms with Gasteiger partial charge in [-0.3, -0.25) is 0 Å². The van der Waals surface area contributed by atoms with E-state index in [4.69, 9.17) is 0 Å². The van der Waals surface area contributed by atoms with Gasteiger partial charge in [-0.05, 0) is 109 Å². The summed E-state index contributed by atoms with van der Waals surface area (Å²) in [6.07, 6.45) is 11.6. The topological polar surface area (TPSA) is 0 Å². The SMILES string of the molecule is CCCCCCCCSS(SC1CCCCCCC1)(SC(F)(F)F)(SC(F)(F)C(F)(F)F)(SC(SCCCCCC)(SC1CCCCC1)C(CC)(CCCC)SCCCCC)C(SCCCCCCC)(SC1CCCCCC1)C(F)(F)F. The average molecular weight is 1390 g/mol. The zero-order chi connectivity index (χ0) is 60.8. The summed E-state index contributed by atoms with van der Waals surface area (Å²) in [5, 5.41) is -8.29. The lowest BCUT2D eigenvalue weighted by molar-refractivity contribution is -0.237. The lowest BCUT2D eigenvalue weighted by atomic mass is 9.99. The van der Waals surface area contributed by atoms with Crippen molar-refractivity contribution < 1.29 is 48.3 Å². The Morgan fingerprint density at radius 3 is 1.23 bits per heavy atom.